The molecule has 0 atom stereocenters. The van der Waals surface area contributed by atoms with Gasteiger partial charge < -0.3 is 9.47 Å². The zero-order valence-electron chi connectivity index (χ0n) is 11.6. The Labute approximate surface area is 134 Å². The summed E-state index contributed by atoms with van der Waals surface area (Å²) in [5.41, 5.74) is 0.201. The Morgan fingerprint density at radius 3 is 2.50 bits per heavy atom. The Morgan fingerprint density at radius 1 is 1.23 bits per heavy atom. The summed E-state index contributed by atoms with van der Waals surface area (Å²) in [6.45, 7) is 2.23. The molecule has 114 valence electrons. The largest absolute Gasteiger partial charge is 0.493 e. The minimum Gasteiger partial charge on any atom is -0.493 e. The number of nitro benzene ring substituents is 1. The number of benzene rings is 2. The fourth-order valence-corrected chi connectivity index (χ4v) is 2.10. The van der Waals surface area contributed by atoms with Crippen LogP contribution >= 0.6 is 15.9 Å². The van der Waals surface area contributed by atoms with E-state index in [2.05, 4.69) is 15.9 Å². The van der Waals surface area contributed by atoms with E-state index in [9.17, 15) is 14.9 Å². The second kappa shape index (κ2) is 7.04. The molecule has 0 bridgehead atoms. The van der Waals surface area contributed by atoms with Gasteiger partial charge in [-0.1, -0.05) is 15.9 Å². The molecular weight excluding hydrogens is 354 g/mol. The van der Waals surface area contributed by atoms with Crippen molar-refractivity contribution in [2.45, 2.75) is 6.92 Å². The topological polar surface area (TPSA) is 78.7 Å². The lowest BCUT2D eigenvalue weighted by molar-refractivity contribution is -0.384. The number of hydrogen-bond donors (Lipinski definition) is 0. The number of ether oxygens (including phenoxy) is 2. The Bertz CT molecular complexity index is 700. The van der Waals surface area contributed by atoms with Crippen molar-refractivity contribution in [3.8, 4) is 11.5 Å². The van der Waals surface area contributed by atoms with Gasteiger partial charge in [0.25, 0.3) is 5.69 Å². The van der Waals surface area contributed by atoms with Crippen molar-refractivity contribution in [1.29, 1.82) is 0 Å². The molecule has 0 spiro atoms. The first-order valence-corrected chi connectivity index (χ1v) is 7.19. The highest BCUT2D eigenvalue weighted by molar-refractivity contribution is 9.10. The van der Waals surface area contributed by atoms with Gasteiger partial charge >= 0.3 is 5.97 Å². The van der Waals surface area contributed by atoms with Crippen molar-refractivity contribution >= 4 is 27.6 Å². The highest BCUT2D eigenvalue weighted by Gasteiger charge is 2.16. The van der Waals surface area contributed by atoms with E-state index in [1.54, 1.807) is 18.2 Å². The minimum absolute atomic E-state index is 0.0720. The predicted molar refractivity (Wildman–Crippen MR) is 83.4 cm³/mol. The van der Waals surface area contributed by atoms with Crippen molar-refractivity contribution in [2.24, 2.45) is 0 Å². The third-order valence-corrected chi connectivity index (χ3v) is 3.21. The average Bonchev–Trinajstić information content (AvgIpc) is 2.49. The second-order valence-electron chi connectivity index (χ2n) is 4.21. The molecule has 2 aromatic carbocycles. The number of halogens is 1. The molecule has 0 saturated carbocycles. The van der Waals surface area contributed by atoms with Gasteiger partial charge in [0.15, 0.2) is 0 Å². The van der Waals surface area contributed by atoms with Gasteiger partial charge in [-0.2, -0.15) is 0 Å². The van der Waals surface area contributed by atoms with Crippen LogP contribution in [0, 0.1) is 10.1 Å². The van der Waals surface area contributed by atoms with Gasteiger partial charge in [-0.05, 0) is 37.3 Å². The van der Waals surface area contributed by atoms with Gasteiger partial charge in [0.1, 0.15) is 17.1 Å². The zero-order chi connectivity index (χ0) is 16.1. The van der Waals surface area contributed by atoms with Crippen LogP contribution in [0.3, 0.4) is 0 Å². The second-order valence-corrected chi connectivity index (χ2v) is 5.13. The van der Waals surface area contributed by atoms with Gasteiger partial charge in [0.2, 0.25) is 0 Å². The number of carbonyl (C=O) groups excluding carboxylic acids is 1. The summed E-state index contributed by atoms with van der Waals surface area (Å²) in [5, 5.41) is 10.6. The molecule has 0 N–H and O–H groups in total. The van der Waals surface area contributed by atoms with Crippen LogP contribution in [0.5, 0.6) is 11.5 Å². The smallest absolute Gasteiger partial charge is 0.347 e. The van der Waals surface area contributed by atoms with Gasteiger partial charge in [-0.25, -0.2) is 4.79 Å². The van der Waals surface area contributed by atoms with E-state index in [1.807, 2.05) is 6.92 Å². The quantitative estimate of drug-likeness (QED) is 0.346. The summed E-state index contributed by atoms with van der Waals surface area (Å²) in [7, 11) is 0. The third-order valence-electron chi connectivity index (χ3n) is 2.72. The number of non-ortho nitro benzene ring substituents is 1. The third kappa shape index (κ3) is 3.82. The summed E-state index contributed by atoms with van der Waals surface area (Å²) in [4.78, 5) is 22.3. The van der Waals surface area contributed by atoms with Crippen LogP contribution in [-0.2, 0) is 0 Å². The number of nitro groups is 1. The van der Waals surface area contributed by atoms with E-state index in [4.69, 9.17) is 9.47 Å². The Balaban J connectivity index is 2.21. The molecule has 0 aliphatic carbocycles. The number of carbonyl (C=O) groups is 1. The maximum atomic E-state index is 12.2. The fraction of sp³-hybridized carbons (Fsp3) is 0.133. The summed E-state index contributed by atoms with van der Waals surface area (Å²) in [6.07, 6.45) is 0. The molecule has 0 aromatic heterocycles. The van der Waals surface area contributed by atoms with E-state index in [0.29, 0.717) is 16.8 Å². The van der Waals surface area contributed by atoms with E-state index in [-0.39, 0.29) is 17.0 Å². The number of nitrogens with zero attached hydrogens (tertiary/aromatic N) is 1. The van der Waals surface area contributed by atoms with E-state index in [0.717, 1.165) is 0 Å². The molecule has 0 radical (unpaired) electrons. The molecule has 0 fully saturated rings. The van der Waals surface area contributed by atoms with Crippen molar-refractivity contribution in [1.82, 2.24) is 0 Å². The van der Waals surface area contributed by atoms with E-state index < -0.39 is 10.9 Å². The molecule has 2 rings (SSSR count). The van der Waals surface area contributed by atoms with Crippen LogP contribution in [0.4, 0.5) is 5.69 Å². The predicted octanol–water partition coefficient (Wildman–Crippen LogP) is 3.98. The van der Waals surface area contributed by atoms with Gasteiger partial charge in [-0.15, -0.1) is 0 Å². The first-order chi connectivity index (χ1) is 10.5. The molecule has 22 heavy (non-hydrogen) atoms. The van der Waals surface area contributed by atoms with Crippen LogP contribution in [-0.4, -0.2) is 17.5 Å². The van der Waals surface area contributed by atoms with Crippen LogP contribution in [0.2, 0.25) is 0 Å². The van der Waals surface area contributed by atoms with Gasteiger partial charge in [0.05, 0.1) is 11.5 Å². The first kappa shape index (κ1) is 16.0. The lowest BCUT2D eigenvalue weighted by Crippen LogP contribution is -2.11. The molecule has 2 aromatic rings. The van der Waals surface area contributed by atoms with Crippen LogP contribution in [0.25, 0.3) is 0 Å². The van der Waals surface area contributed by atoms with E-state index >= 15 is 0 Å². The Kier molecular flexibility index (Phi) is 5.11. The van der Waals surface area contributed by atoms with Crippen molar-refractivity contribution < 1.29 is 19.2 Å². The van der Waals surface area contributed by atoms with Crippen LogP contribution in [0.1, 0.15) is 17.3 Å². The van der Waals surface area contributed by atoms with Crippen molar-refractivity contribution in [3.05, 3.63) is 62.6 Å². The highest BCUT2D eigenvalue weighted by Crippen LogP contribution is 2.25. The highest BCUT2D eigenvalue weighted by atomic mass is 79.9. The number of esters is 1. The normalized spacial score (nSPS) is 10.1. The summed E-state index contributed by atoms with van der Waals surface area (Å²) < 4.78 is 11.3. The minimum atomic E-state index is -0.599. The number of hydrogen-bond acceptors (Lipinski definition) is 5. The molecule has 0 amide bonds. The SMILES string of the molecule is CCOc1ccc(Br)cc1C(=O)Oc1ccc([N+](=O)[O-])cc1. The van der Waals surface area contributed by atoms with Crippen molar-refractivity contribution in [3.63, 3.8) is 0 Å². The summed E-state index contributed by atoms with van der Waals surface area (Å²) in [6, 6.07) is 10.3. The van der Waals surface area contributed by atoms with Gasteiger partial charge in [0, 0.05) is 16.6 Å². The molecule has 0 aliphatic rings. The summed E-state index contributed by atoms with van der Waals surface area (Å²) >= 11 is 3.29. The van der Waals surface area contributed by atoms with Crippen LogP contribution in [0.15, 0.2) is 46.9 Å². The lowest BCUT2D eigenvalue weighted by atomic mass is 10.2. The maximum Gasteiger partial charge on any atom is 0.347 e. The molecule has 0 saturated heterocycles. The lowest BCUT2D eigenvalue weighted by Gasteiger charge is -2.10. The fourth-order valence-electron chi connectivity index (χ4n) is 1.74. The molecular formula is C15H12BrNO5. The Morgan fingerprint density at radius 2 is 1.91 bits per heavy atom. The molecule has 0 heterocycles. The first-order valence-electron chi connectivity index (χ1n) is 6.40. The standard InChI is InChI=1S/C15H12BrNO5/c1-2-21-14-8-3-10(16)9-13(14)15(18)22-12-6-4-11(5-7-12)17(19)20/h3-9H,2H2,1H3. The molecule has 0 unspecified atom stereocenters. The van der Waals surface area contributed by atoms with Crippen LogP contribution < -0.4 is 9.47 Å². The zero-order valence-corrected chi connectivity index (χ0v) is 13.2. The Hall–Kier alpha value is -2.41. The molecule has 7 heteroatoms. The van der Waals surface area contributed by atoms with Gasteiger partial charge in [-0.3, -0.25) is 10.1 Å². The van der Waals surface area contributed by atoms with Crippen molar-refractivity contribution in [2.75, 3.05) is 6.61 Å². The maximum absolute atomic E-state index is 12.2. The average molecular weight is 366 g/mol. The monoisotopic (exact) mass is 365 g/mol. The molecule has 0 aliphatic heterocycles. The number of rotatable bonds is 5. The van der Waals surface area contributed by atoms with E-state index in [1.165, 1.54) is 24.3 Å². The molecule has 6 nitrogen and oxygen atoms in total. The summed E-state index contributed by atoms with van der Waals surface area (Å²) in [5.74, 6) is 0.0363.